The molecule has 3 aliphatic rings. The van der Waals surface area contributed by atoms with Gasteiger partial charge in [-0.15, -0.1) is 0 Å². The fourth-order valence-corrected chi connectivity index (χ4v) is 4.98. The predicted octanol–water partition coefficient (Wildman–Crippen LogP) is 4.08. The number of likely N-dealkylation sites (tertiary alicyclic amines) is 1. The molecule has 0 amide bonds. The van der Waals surface area contributed by atoms with Gasteiger partial charge in [0.05, 0.1) is 0 Å². The van der Waals surface area contributed by atoms with E-state index in [1.54, 1.807) is 0 Å². The molecule has 116 valence electrons. The van der Waals surface area contributed by atoms with E-state index in [0.717, 1.165) is 12.0 Å². The number of fused-ring (bicyclic) bond motifs is 2. The Balaban J connectivity index is 1.58. The van der Waals surface area contributed by atoms with Gasteiger partial charge in [-0.1, -0.05) is 51.4 Å². The summed E-state index contributed by atoms with van der Waals surface area (Å²) in [6, 6.07) is 2.03. The van der Waals surface area contributed by atoms with Crippen molar-refractivity contribution in [3.63, 3.8) is 0 Å². The van der Waals surface area contributed by atoms with Gasteiger partial charge in [0, 0.05) is 24.7 Å². The maximum Gasteiger partial charge on any atom is 0.0250 e. The zero-order valence-corrected chi connectivity index (χ0v) is 13.2. The van der Waals surface area contributed by atoms with Crippen molar-refractivity contribution < 1.29 is 0 Å². The van der Waals surface area contributed by atoms with E-state index < -0.39 is 0 Å². The molecule has 0 spiro atoms. The molecule has 2 bridgehead atoms. The van der Waals surface area contributed by atoms with E-state index in [1.165, 1.54) is 90.0 Å². The summed E-state index contributed by atoms with van der Waals surface area (Å²) in [7, 11) is 0. The van der Waals surface area contributed by atoms with Crippen LogP contribution in [0.1, 0.15) is 83.5 Å². The van der Waals surface area contributed by atoms with Gasteiger partial charge in [0.25, 0.3) is 0 Å². The molecule has 2 aliphatic carbocycles. The first kappa shape index (κ1) is 14.8. The predicted molar refractivity (Wildman–Crippen MR) is 85.8 cm³/mol. The van der Waals surface area contributed by atoms with Crippen LogP contribution in [0, 0.1) is 5.92 Å². The number of rotatable bonds is 1. The summed E-state index contributed by atoms with van der Waals surface area (Å²) in [6.45, 7) is 1.36. The van der Waals surface area contributed by atoms with E-state index in [0.29, 0.717) is 12.1 Å². The maximum absolute atomic E-state index is 6.63. The second-order valence-electron chi connectivity index (χ2n) is 7.67. The minimum Gasteiger partial charge on any atom is -0.326 e. The van der Waals surface area contributed by atoms with Gasteiger partial charge in [0.1, 0.15) is 0 Å². The quantitative estimate of drug-likeness (QED) is 0.783. The highest BCUT2D eigenvalue weighted by Gasteiger charge is 2.42. The molecule has 2 N–H and O–H groups in total. The zero-order valence-electron chi connectivity index (χ0n) is 13.2. The van der Waals surface area contributed by atoms with Crippen molar-refractivity contribution in [1.82, 2.24) is 4.90 Å². The fraction of sp³-hybridized carbons (Fsp3) is 1.00. The molecule has 3 rings (SSSR count). The van der Waals surface area contributed by atoms with Crippen LogP contribution in [0.15, 0.2) is 0 Å². The van der Waals surface area contributed by atoms with Gasteiger partial charge in [-0.3, -0.25) is 4.90 Å². The van der Waals surface area contributed by atoms with E-state index in [4.69, 9.17) is 5.73 Å². The van der Waals surface area contributed by atoms with Crippen molar-refractivity contribution in [2.75, 3.05) is 6.54 Å². The Bertz CT molecular complexity index is 291. The van der Waals surface area contributed by atoms with Crippen LogP contribution in [0.25, 0.3) is 0 Å². The number of nitrogens with zero attached hydrogens (tertiary/aromatic N) is 1. The van der Waals surface area contributed by atoms with Crippen molar-refractivity contribution >= 4 is 0 Å². The van der Waals surface area contributed by atoms with Crippen molar-refractivity contribution in [3.05, 3.63) is 0 Å². The molecule has 0 radical (unpaired) electrons. The Labute approximate surface area is 125 Å². The highest BCUT2D eigenvalue weighted by atomic mass is 15.2. The first-order valence-corrected chi connectivity index (χ1v) is 9.36. The van der Waals surface area contributed by atoms with Crippen LogP contribution < -0.4 is 5.73 Å². The summed E-state index contributed by atoms with van der Waals surface area (Å²) in [6.07, 6.45) is 18.5. The van der Waals surface area contributed by atoms with Crippen molar-refractivity contribution in [1.29, 1.82) is 0 Å². The van der Waals surface area contributed by atoms with Gasteiger partial charge in [0.15, 0.2) is 0 Å². The molecule has 4 atom stereocenters. The van der Waals surface area contributed by atoms with Crippen LogP contribution in [0.3, 0.4) is 0 Å². The van der Waals surface area contributed by atoms with Crippen molar-refractivity contribution in [2.45, 2.75) is 102 Å². The molecule has 1 aliphatic heterocycles. The second-order valence-corrected chi connectivity index (χ2v) is 7.67. The summed E-state index contributed by atoms with van der Waals surface area (Å²) in [5.74, 6) is 1.01. The van der Waals surface area contributed by atoms with Crippen LogP contribution >= 0.6 is 0 Å². The lowest BCUT2D eigenvalue weighted by molar-refractivity contribution is 0.115. The number of hydrogen-bond donors (Lipinski definition) is 1. The van der Waals surface area contributed by atoms with E-state index in [-0.39, 0.29) is 0 Å². The van der Waals surface area contributed by atoms with Gasteiger partial charge >= 0.3 is 0 Å². The third-order valence-corrected chi connectivity index (χ3v) is 6.16. The Hall–Kier alpha value is -0.0800. The van der Waals surface area contributed by atoms with Crippen LogP contribution in [0.5, 0.6) is 0 Å². The minimum absolute atomic E-state index is 0.439. The highest BCUT2D eigenvalue weighted by Crippen LogP contribution is 2.40. The van der Waals surface area contributed by atoms with Crippen LogP contribution in [0.2, 0.25) is 0 Å². The third-order valence-electron chi connectivity index (χ3n) is 6.16. The number of hydrogen-bond acceptors (Lipinski definition) is 2. The van der Waals surface area contributed by atoms with Crippen LogP contribution in [-0.2, 0) is 0 Å². The molecule has 2 saturated carbocycles. The second kappa shape index (κ2) is 7.26. The smallest absolute Gasteiger partial charge is 0.0250 e. The Morgan fingerprint density at radius 2 is 1.35 bits per heavy atom. The largest absolute Gasteiger partial charge is 0.326 e. The molecule has 2 heteroatoms. The number of nitrogens with two attached hydrogens (primary N) is 1. The summed E-state index contributed by atoms with van der Waals surface area (Å²) in [5, 5.41) is 0. The summed E-state index contributed by atoms with van der Waals surface area (Å²) >= 11 is 0. The number of piperidine rings is 1. The minimum atomic E-state index is 0.439. The molecule has 0 aromatic rings. The first-order chi connectivity index (χ1) is 9.84. The molecule has 1 heterocycles. The van der Waals surface area contributed by atoms with Crippen molar-refractivity contribution in [3.8, 4) is 0 Å². The van der Waals surface area contributed by atoms with E-state index in [1.807, 2.05) is 0 Å². The van der Waals surface area contributed by atoms with Crippen LogP contribution in [0.4, 0.5) is 0 Å². The van der Waals surface area contributed by atoms with Crippen LogP contribution in [-0.4, -0.2) is 29.6 Å². The summed E-state index contributed by atoms with van der Waals surface area (Å²) in [5.41, 5.74) is 6.63. The normalized spacial score (nSPS) is 41.2. The van der Waals surface area contributed by atoms with Gasteiger partial charge in [0.2, 0.25) is 0 Å². The Morgan fingerprint density at radius 1 is 0.700 bits per heavy atom. The lowest BCUT2D eigenvalue weighted by Crippen LogP contribution is -2.50. The van der Waals surface area contributed by atoms with E-state index >= 15 is 0 Å². The lowest BCUT2D eigenvalue weighted by Gasteiger charge is -2.38. The topological polar surface area (TPSA) is 29.3 Å². The maximum atomic E-state index is 6.63. The average molecular weight is 278 g/mol. The fourth-order valence-electron chi connectivity index (χ4n) is 4.98. The van der Waals surface area contributed by atoms with Gasteiger partial charge < -0.3 is 5.73 Å². The molecule has 2 nitrogen and oxygen atoms in total. The molecule has 3 fully saturated rings. The van der Waals surface area contributed by atoms with Gasteiger partial charge in [-0.05, 0) is 38.0 Å². The van der Waals surface area contributed by atoms with E-state index in [9.17, 15) is 0 Å². The third kappa shape index (κ3) is 3.57. The molecule has 4 unspecified atom stereocenters. The van der Waals surface area contributed by atoms with Crippen molar-refractivity contribution in [2.24, 2.45) is 11.7 Å². The average Bonchev–Trinajstić information content (AvgIpc) is 3.05. The SMILES string of the molecule is NC1CCCCCCCCCCC1N1CC2CCC1C2. The zero-order chi connectivity index (χ0) is 13.8. The Morgan fingerprint density at radius 3 is 1.95 bits per heavy atom. The molecule has 0 aromatic heterocycles. The van der Waals surface area contributed by atoms with E-state index in [2.05, 4.69) is 4.90 Å². The standard InChI is InChI=1S/C18H34N2/c19-17-9-7-5-3-1-2-4-6-8-10-18(17)20-14-15-11-12-16(20)13-15/h15-18H,1-14,19H2. The monoisotopic (exact) mass is 278 g/mol. The highest BCUT2D eigenvalue weighted by molar-refractivity contribution is 4.97. The Kier molecular flexibility index (Phi) is 5.39. The molecule has 1 saturated heterocycles. The summed E-state index contributed by atoms with van der Waals surface area (Å²) < 4.78 is 0. The lowest BCUT2D eigenvalue weighted by atomic mass is 9.92. The first-order valence-electron chi connectivity index (χ1n) is 9.36. The summed E-state index contributed by atoms with van der Waals surface area (Å²) in [4.78, 5) is 2.84. The molecular weight excluding hydrogens is 244 g/mol. The molecule has 20 heavy (non-hydrogen) atoms. The van der Waals surface area contributed by atoms with Gasteiger partial charge in [-0.2, -0.15) is 0 Å². The molecule has 0 aromatic carbocycles. The van der Waals surface area contributed by atoms with Gasteiger partial charge in [-0.25, -0.2) is 0 Å². The molecular formula is C18H34N2.